The van der Waals surface area contributed by atoms with Crippen LogP contribution >= 0.6 is 0 Å². The number of para-hydroxylation sites is 3. The second-order valence-corrected chi connectivity index (χ2v) is 8.98. The molecule has 3 aromatic carbocycles. The smallest absolute Gasteiger partial charge is 0.257 e. The number of amides is 1. The molecule has 188 valence electrons. The molecule has 36 heavy (non-hydrogen) atoms. The van der Waals surface area contributed by atoms with E-state index in [0.29, 0.717) is 18.9 Å². The van der Waals surface area contributed by atoms with Crippen molar-refractivity contribution in [2.45, 2.75) is 46.1 Å². The van der Waals surface area contributed by atoms with E-state index in [4.69, 9.17) is 14.5 Å². The molecule has 1 aromatic heterocycles. The Labute approximate surface area is 213 Å². The number of hydrogen-bond acceptors (Lipinski definition) is 4. The van der Waals surface area contributed by atoms with Gasteiger partial charge < -0.3 is 19.4 Å². The van der Waals surface area contributed by atoms with Gasteiger partial charge >= 0.3 is 0 Å². The van der Waals surface area contributed by atoms with Gasteiger partial charge in [0, 0.05) is 19.5 Å². The highest BCUT2D eigenvalue weighted by Gasteiger charge is 2.11. The number of rotatable bonds is 13. The summed E-state index contributed by atoms with van der Waals surface area (Å²) in [6.45, 7) is 6.41. The lowest BCUT2D eigenvalue weighted by atomic mass is 10.1. The van der Waals surface area contributed by atoms with E-state index in [2.05, 4.69) is 48.0 Å². The van der Waals surface area contributed by atoms with Gasteiger partial charge in [0.05, 0.1) is 17.6 Å². The Morgan fingerprint density at radius 2 is 1.69 bits per heavy atom. The number of unbranched alkanes of at least 4 members (excludes halogenated alkanes) is 1. The van der Waals surface area contributed by atoms with E-state index in [1.165, 1.54) is 11.1 Å². The molecule has 0 atom stereocenters. The topological polar surface area (TPSA) is 65.4 Å². The Kier molecular flexibility index (Phi) is 8.98. The number of aryl methyl sites for hydroxylation is 3. The average Bonchev–Trinajstić information content (AvgIpc) is 3.25. The zero-order valence-corrected chi connectivity index (χ0v) is 21.2. The Balaban J connectivity index is 1.24. The van der Waals surface area contributed by atoms with E-state index in [9.17, 15) is 4.79 Å². The van der Waals surface area contributed by atoms with E-state index in [-0.39, 0.29) is 12.5 Å². The predicted molar refractivity (Wildman–Crippen MR) is 144 cm³/mol. The molecular formula is C30H35N3O3. The van der Waals surface area contributed by atoms with Gasteiger partial charge in [0.2, 0.25) is 0 Å². The molecule has 0 spiro atoms. The van der Waals surface area contributed by atoms with Gasteiger partial charge in [-0.15, -0.1) is 0 Å². The molecule has 0 aliphatic carbocycles. The van der Waals surface area contributed by atoms with Crippen LogP contribution in [0.15, 0.2) is 72.8 Å². The van der Waals surface area contributed by atoms with Crippen LogP contribution in [0.2, 0.25) is 0 Å². The first kappa shape index (κ1) is 25.3. The summed E-state index contributed by atoms with van der Waals surface area (Å²) in [6.07, 6.45) is 3.59. The minimum absolute atomic E-state index is 0.0205. The molecular weight excluding hydrogens is 450 g/mol. The van der Waals surface area contributed by atoms with E-state index in [1.807, 2.05) is 48.5 Å². The number of carbonyl (C=O) groups excluding carboxylic acids is 1. The van der Waals surface area contributed by atoms with Crippen LogP contribution in [0.25, 0.3) is 11.0 Å². The van der Waals surface area contributed by atoms with Crippen LogP contribution in [0.1, 0.15) is 36.2 Å². The molecule has 1 amide bonds. The highest BCUT2D eigenvalue weighted by atomic mass is 16.5. The molecule has 0 unspecified atom stereocenters. The molecule has 1 N–H and O–H groups in total. The number of fused-ring (bicyclic) bond motifs is 1. The van der Waals surface area contributed by atoms with Crippen molar-refractivity contribution < 1.29 is 14.3 Å². The van der Waals surface area contributed by atoms with Gasteiger partial charge in [-0.1, -0.05) is 42.5 Å². The number of benzene rings is 3. The van der Waals surface area contributed by atoms with Crippen LogP contribution in [-0.2, 0) is 17.8 Å². The van der Waals surface area contributed by atoms with Crippen LogP contribution in [0, 0.1) is 13.8 Å². The minimum Gasteiger partial charge on any atom is -0.493 e. The van der Waals surface area contributed by atoms with Gasteiger partial charge in [0.1, 0.15) is 17.3 Å². The number of aromatic nitrogens is 2. The maximum absolute atomic E-state index is 12.1. The standard InChI is InChI=1S/C30H35N3O3/c1-23-12-10-17-28(24(23)2)35-21-9-8-20-33-27-16-7-6-15-26(27)32-29(33)18-11-19-31-30(34)22-36-25-13-4-3-5-14-25/h3-7,10,12-17H,8-9,11,18-22H2,1-2H3,(H,31,34). The highest BCUT2D eigenvalue weighted by molar-refractivity contribution is 5.77. The van der Waals surface area contributed by atoms with Crippen molar-refractivity contribution in [2.75, 3.05) is 19.8 Å². The normalized spacial score (nSPS) is 10.9. The minimum atomic E-state index is -0.115. The Morgan fingerprint density at radius 1 is 0.889 bits per heavy atom. The van der Waals surface area contributed by atoms with Gasteiger partial charge in [0.15, 0.2) is 6.61 Å². The van der Waals surface area contributed by atoms with Crippen LogP contribution < -0.4 is 14.8 Å². The van der Waals surface area contributed by atoms with Crippen molar-refractivity contribution in [3.8, 4) is 11.5 Å². The molecule has 0 radical (unpaired) electrons. The van der Waals surface area contributed by atoms with Crippen molar-refractivity contribution in [1.82, 2.24) is 14.9 Å². The lowest BCUT2D eigenvalue weighted by Gasteiger charge is -2.12. The summed E-state index contributed by atoms with van der Waals surface area (Å²) >= 11 is 0. The Hall–Kier alpha value is -3.80. The fraction of sp³-hybridized carbons (Fsp3) is 0.333. The Bertz CT molecular complexity index is 1270. The quantitative estimate of drug-likeness (QED) is 0.249. The summed E-state index contributed by atoms with van der Waals surface area (Å²) in [5.74, 6) is 2.61. The number of ether oxygens (including phenoxy) is 2. The molecule has 1 heterocycles. The SMILES string of the molecule is Cc1cccc(OCCCCn2c(CCCNC(=O)COc3ccccc3)nc3ccccc32)c1C. The van der Waals surface area contributed by atoms with Crippen molar-refractivity contribution in [3.63, 3.8) is 0 Å². The third kappa shape index (κ3) is 6.87. The van der Waals surface area contributed by atoms with Crippen molar-refractivity contribution in [3.05, 3.63) is 89.7 Å². The molecule has 0 saturated heterocycles. The number of carbonyl (C=O) groups is 1. The summed E-state index contributed by atoms with van der Waals surface area (Å²) in [5.41, 5.74) is 4.63. The third-order valence-electron chi connectivity index (χ3n) is 6.33. The molecule has 0 bridgehead atoms. The maximum Gasteiger partial charge on any atom is 0.257 e. The first-order valence-electron chi connectivity index (χ1n) is 12.7. The maximum atomic E-state index is 12.1. The highest BCUT2D eigenvalue weighted by Crippen LogP contribution is 2.21. The fourth-order valence-corrected chi connectivity index (χ4v) is 4.19. The van der Waals surface area contributed by atoms with Gasteiger partial charge in [-0.3, -0.25) is 4.79 Å². The van der Waals surface area contributed by atoms with Gasteiger partial charge in [-0.25, -0.2) is 4.98 Å². The molecule has 4 rings (SSSR count). The molecule has 6 heteroatoms. The number of nitrogens with zero attached hydrogens (tertiary/aromatic N) is 2. The molecule has 0 aliphatic heterocycles. The molecule has 0 fully saturated rings. The van der Waals surface area contributed by atoms with Crippen LogP contribution in [-0.4, -0.2) is 35.2 Å². The van der Waals surface area contributed by atoms with Gasteiger partial charge in [-0.05, 0) is 74.6 Å². The fourth-order valence-electron chi connectivity index (χ4n) is 4.19. The molecule has 0 saturated carbocycles. The largest absolute Gasteiger partial charge is 0.493 e. The summed E-state index contributed by atoms with van der Waals surface area (Å²) in [6, 6.07) is 23.8. The van der Waals surface area contributed by atoms with Crippen LogP contribution in [0.3, 0.4) is 0 Å². The van der Waals surface area contributed by atoms with Crippen LogP contribution in [0.4, 0.5) is 0 Å². The van der Waals surface area contributed by atoms with E-state index in [1.54, 1.807) is 0 Å². The lowest BCUT2D eigenvalue weighted by Crippen LogP contribution is -2.30. The molecule has 6 nitrogen and oxygen atoms in total. The second-order valence-electron chi connectivity index (χ2n) is 8.98. The Morgan fingerprint density at radius 3 is 2.56 bits per heavy atom. The second kappa shape index (κ2) is 12.8. The monoisotopic (exact) mass is 485 g/mol. The summed E-state index contributed by atoms with van der Waals surface area (Å²) in [5, 5.41) is 2.94. The van der Waals surface area contributed by atoms with Crippen molar-refractivity contribution in [1.29, 1.82) is 0 Å². The molecule has 0 aliphatic rings. The number of imidazole rings is 1. The third-order valence-corrected chi connectivity index (χ3v) is 6.33. The first-order valence-corrected chi connectivity index (χ1v) is 12.7. The summed E-state index contributed by atoms with van der Waals surface area (Å²) in [7, 11) is 0. The van der Waals surface area contributed by atoms with Gasteiger partial charge in [0.25, 0.3) is 5.91 Å². The number of nitrogens with one attached hydrogen (secondary N) is 1. The van der Waals surface area contributed by atoms with Crippen LogP contribution in [0.5, 0.6) is 11.5 Å². The zero-order valence-electron chi connectivity index (χ0n) is 21.2. The summed E-state index contributed by atoms with van der Waals surface area (Å²) < 4.78 is 13.9. The lowest BCUT2D eigenvalue weighted by molar-refractivity contribution is -0.123. The zero-order chi connectivity index (χ0) is 25.2. The average molecular weight is 486 g/mol. The first-order chi connectivity index (χ1) is 17.6. The van der Waals surface area contributed by atoms with Crippen molar-refractivity contribution in [2.24, 2.45) is 0 Å². The van der Waals surface area contributed by atoms with E-state index in [0.717, 1.165) is 54.8 Å². The number of hydrogen-bond donors (Lipinski definition) is 1. The van der Waals surface area contributed by atoms with Crippen molar-refractivity contribution >= 4 is 16.9 Å². The predicted octanol–water partition coefficient (Wildman–Crippen LogP) is 5.64. The molecule has 4 aromatic rings. The van der Waals surface area contributed by atoms with E-state index < -0.39 is 0 Å². The van der Waals surface area contributed by atoms with Gasteiger partial charge in [-0.2, -0.15) is 0 Å². The van der Waals surface area contributed by atoms with E-state index >= 15 is 0 Å². The summed E-state index contributed by atoms with van der Waals surface area (Å²) in [4.78, 5) is 17.0.